The maximum Gasteiger partial charge on any atom is 0.415 e. The van der Waals surface area contributed by atoms with Gasteiger partial charge in [0.25, 0.3) is 0 Å². The highest BCUT2D eigenvalue weighted by Crippen LogP contribution is 2.21. The summed E-state index contributed by atoms with van der Waals surface area (Å²) >= 11 is 0. The lowest BCUT2D eigenvalue weighted by Crippen LogP contribution is -2.44. The van der Waals surface area contributed by atoms with Crippen molar-refractivity contribution in [1.29, 1.82) is 0 Å². The lowest BCUT2D eigenvalue weighted by Gasteiger charge is -2.27. The lowest BCUT2D eigenvalue weighted by molar-refractivity contribution is -0.303. The number of carboxylic acids is 1. The number of methoxy groups -OCH3 is 1. The predicted octanol–water partition coefficient (Wildman–Crippen LogP) is 1.19. The number of hydrogen-bond acceptors (Lipinski definition) is 5. The molecule has 0 aliphatic rings. The van der Waals surface area contributed by atoms with Crippen LogP contribution in [0.4, 0.5) is 10.5 Å². The molecular formula is C14H18NO5-. The van der Waals surface area contributed by atoms with Crippen LogP contribution in [0.2, 0.25) is 0 Å². The van der Waals surface area contributed by atoms with Crippen LogP contribution in [0.5, 0.6) is 5.75 Å². The van der Waals surface area contributed by atoms with Gasteiger partial charge >= 0.3 is 6.09 Å². The second-order valence-corrected chi connectivity index (χ2v) is 5.14. The summed E-state index contributed by atoms with van der Waals surface area (Å²) in [5, 5.41) is 10.8. The van der Waals surface area contributed by atoms with Crippen molar-refractivity contribution in [3.8, 4) is 5.75 Å². The molecule has 1 amide bonds. The summed E-state index contributed by atoms with van der Waals surface area (Å²) in [6.07, 6.45) is -0.744. The molecule has 0 heterocycles. The van der Waals surface area contributed by atoms with Crippen LogP contribution >= 0.6 is 0 Å². The zero-order chi connectivity index (χ0) is 15.3. The van der Waals surface area contributed by atoms with E-state index < -0.39 is 24.2 Å². The normalized spacial score (nSPS) is 10.8. The fraction of sp³-hybridized carbons (Fsp3) is 0.429. The third kappa shape index (κ3) is 4.79. The van der Waals surface area contributed by atoms with Gasteiger partial charge in [-0.25, -0.2) is 4.79 Å². The van der Waals surface area contributed by atoms with E-state index in [1.54, 1.807) is 45.0 Å². The van der Waals surface area contributed by atoms with Gasteiger partial charge in [0, 0.05) is 5.69 Å². The highest BCUT2D eigenvalue weighted by molar-refractivity contribution is 5.92. The number of carboxylic acid groups (broad SMARTS) is 1. The SMILES string of the molecule is COc1ccc(N(CC(=O)[O-])C(=O)OC(C)(C)C)cc1. The third-order valence-corrected chi connectivity index (χ3v) is 2.29. The smallest absolute Gasteiger partial charge is 0.415 e. The van der Waals surface area contributed by atoms with Gasteiger partial charge in [-0.2, -0.15) is 0 Å². The van der Waals surface area contributed by atoms with Gasteiger partial charge < -0.3 is 19.4 Å². The first-order chi connectivity index (χ1) is 9.23. The minimum atomic E-state index is -1.37. The number of carbonyl (C=O) groups is 2. The molecule has 0 N–H and O–H groups in total. The standard InChI is InChI=1S/C14H19NO5/c1-14(2,3)20-13(18)15(9-12(16)17)10-5-7-11(19-4)8-6-10/h5-8H,9H2,1-4H3,(H,16,17)/p-1. The highest BCUT2D eigenvalue weighted by Gasteiger charge is 2.23. The number of anilines is 1. The summed E-state index contributed by atoms with van der Waals surface area (Å²) in [5.41, 5.74) is -0.322. The van der Waals surface area contributed by atoms with Crippen molar-refractivity contribution in [3.05, 3.63) is 24.3 Å². The number of benzene rings is 1. The molecule has 6 heteroatoms. The van der Waals surface area contributed by atoms with Crippen LogP contribution in [-0.2, 0) is 9.53 Å². The molecule has 0 bridgehead atoms. The van der Waals surface area contributed by atoms with E-state index in [-0.39, 0.29) is 0 Å². The van der Waals surface area contributed by atoms with Gasteiger partial charge in [-0.15, -0.1) is 0 Å². The van der Waals surface area contributed by atoms with Crippen LogP contribution < -0.4 is 14.7 Å². The van der Waals surface area contributed by atoms with E-state index in [9.17, 15) is 14.7 Å². The van der Waals surface area contributed by atoms with Gasteiger partial charge in [0.15, 0.2) is 0 Å². The Labute approximate surface area is 117 Å². The third-order valence-electron chi connectivity index (χ3n) is 2.29. The number of nitrogens with zero attached hydrogens (tertiary/aromatic N) is 1. The molecule has 0 fully saturated rings. The second-order valence-electron chi connectivity index (χ2n) is 5.14. The Balaban J connectivity index is 2.98. The van der Waals surface area contributed by atoms with Crippen LogP contribution in [0.25, 0.3) is 0 Å². The molecule has 0 radical (unpaired) electrons. The van der Waals surface area contributed by atoms with Crippen LogP contribution in [0.15, 0.2) is 24.3 Å². The van der Waals surface area contributed by atoms with Gasteiger partial charge in [0.2, 0.25) is 0 Å². The molecule has 0 atom stereocenters. The summed E-state index contributed by atoms with van der Waals surface area (Å²) in [4.78, 5) is 23.8. The second kappa shape index (κ2) is 6.27. The minimum absolute atomic E-state index is 0.393. The number of ether oxygens (including phenoxy) is 2. The summed E-state index contributed by atoms with van der Waals surface area (Å²) in [6, 6.07) is 6.40. The number of aliphatic carboxylic acids is 1. The monoisotopic (exact) mass is 280 g/mol. The first kappa shape index (κ1) is 15.8. The average Bonchev–Trinajstić information content (AvgIpc) is 2.34. The van der Waals surface area contributed by atoms with E-state index in [2.05, 4.69) is 0 Å². The van der Waals surface area contributed by atoms with Crippen molar-refractivity contribution in [2.75, 3.05) is 18.6 Å². The van der Waals surface area contributed by atoms with Crippen LogP contribution in [0.1, 0.15) is 20.8 Å². The number of carbonyl (C=O) groups excluding carboxylic acids is 2. The molecule has 0 aromatic heterocycles. The average molecular weight is 280 g/mol. The largest absolute Gasteiger partial charge is 0.548 e. The summed E-state index contributed by atoms with van der Waals surface area (Å²) in [7, 11) is 1.52. The molecule has 0 aliphatic heterocycles. The van der Waals surface area contributed by atoms with Gasteiger partial charge in [-0.1, -0.05) is 0 Å². The predicted molar refractivity (Wildman–Crippen MR) is 71.6 cm³/mol. The number of hydrogen-bond donors (Lipinski definition) is 0. The van der Waals surface area contributed by atoms with Gasteiger partial charge in [0.05, 0.1) is 19.6 Å². The van der Waals surface area contributed by atoms with Gasteiger partial charge in [-0.3, -0.25) is 4.90 Å². The molecular weight excluding hydrogens is 262 g/mol. The Morgan fingerprint density at radius 1 is 1.20 bits per heavy atom. The Morgan fingerprint density at radius 3 is 2.15 bits per heavy atom. The fourth-order valence-electron chi connectivity index (χ4n) is 1.47. The van der Waals surface area contributed by atoms with Crippen molar-refractivity contribution in [2.24, 2.45) is 0 Å². The Hall–Kier alpha value is -2.24. The zero-order valence-corrected chi connectivity index (χ0v) is 12.0. The Bertz CT molecular complexity index is 475. The van der Waals surface area contributed by atoms with Crippen molar-refractivity contribution < 1.29 is 24.2 Å². The van der Waals surface area contributed by atoms with E-state index >= 15 is 0 Å². The van der Waals surface area contributed by atoms with Crippen LogP contribution in [-0.4, -0.2) is 31.3 Å². The number of rotatable bonds is 4. The van der Waals surface area contributed by atoms with Crippen molar-refractivity contribution in [3.63, 3.8) is 0 Å². The first-order valence-electron chi connectivity index (χ1n) is 6.07. The topological polar surface area (TPSA) is 78.9 Å². The summed E-state index contributed by atoms with van der Waals surface area (Å²) < 4.78 is 10.2. The summed E-state index contributed by atoms with van der Waals surface area (Å²) in [6.45, 7) is 4.53. The fourth-order valence-corrected chi connectivity index (χ4v) is 1.47. The van der Waals surface area contributed by atoms with Crippen LogP contribution in [0, 0.1) is 0 Å². The number of amides is 1. The van der Waals surface area contributed by atoms with Crippen molar-refractivity contribution in [2.45, 2.75) is 26.4 Å². The molecule has 0 saturated carbocycles. The molecule has 110 valence electrons. The Kier molecular flexibility index (Phi) is 4.96. The molecule has 0 saturated heterocycles. The van der Waals surface area contributed by atoms with Crippen molar-refractivity contribution >= 4 is 17.7 Å². The molecule has 0 unspecified atom stereocenters. The molecule has 0 spiro atoms. The molecule has 1 rings (SSSR count). The zero-order valence-electron chi connectivity index (χ0n) is 12.0. The molecule has 20 heavy (non-hydrogen) atoms. The maximum absolute atomic E-state index is 12.0. The van der Waals surface area contributed by atoms with E-state index in [4.69, 9.17) is 9.47 Å². The lowest BCUT2D eigenvalue weighted by atomic mass is 10.2. The van der Waals surface area contributed by atoms with E-state index in [1.807, 2.05) is 0 Å². The highest BCUT2D eigenvalue weighted by atomic mass is 16.6. The minimum Gasteiger partial charge on any atom is -0.548 e. The van der Waals surface area contributed by atoms with E-state index in [0.29, 0.717) is 11.4 Å². The van der Waals surface area contributed by atoms with Gasteiger partial charge in [0.1, 0.15) is 11.4 Å². The Morgan fingerprint density at radius 2 is 1.75 bits per heavy atom. The quantitative estimate of drug-likeness (QED) is 0.827. The maximum atomic E-state index is 12.0. The van der Waals surface area contributed by atoms with Crippen LogP contribution in [0.3, 0.4) is 0 Å². The molecule has 1 aromatic carbocycles. The molecule has 6 nitrogen and oxygen atoms in total. The molecule has 1 aromatic rings. The summed E-state index contributed by atoms with van der Waals surface area (Å²) in [5.74, 6) is -0.766. The van der Waals surface area contributed by atoms with E-state index in [1.165, 1.54) is 7.11 Å². The van der Waals surface area contributed by atoms with E-state index in [0.717, 1.165) is 4.90 Å². The van der Waals surface area contributed by atoms with Crippen molar-refractivity contribution in [1.82, 2.24) is 0 Å². The molecule has 0 aliphatic carbocycles. The van der Waals surface area contributed by atoms with Gasteiger partial charge in [-0.05, 0) is 45.0 Å². The first-order valence-corrected chi connectivity index (χ1v) is 6.07.